The summed E-state index contributed by atoms with van der Waals surface area (Å²) in [5.74, 6) is 0.686. The summed E-state index contributed by atoms with van der Waals surface area (Å²) in [5, 5.41) is 9.31. The van der Waals surface area contributed by atoms with Crippen molar-refractivity contribution in [3.8, 4) is 5.75 Å². The lowest BCUT2D eigenvalue weighted by Crippen LogP contribution is -2.03. The van der Waals surface area contributed by atoms with E-state index in [1.807, 2.05) is 37.3 Å². The third kappa shape index (κ3) is 3.01. The first-order valence-electron chi connectivity index (χ1n) is 6.14. The van der Waals surface area contributed by atoms with Gasteiger partial charge in [-0.15, -0.1) is 0 Å². The molecule has 2 aromatic rings. The Morgan fingerprint density at radius 2 is 2.05 bits per heavy atom. The fraction of sp³-hybridized carbons (Fsp3) is 0.188. The van der Waals surface area contributed by atoms with Gasteiger partial charge in [0, 0.05) is 17.3 Å². The molecule has 1 aromatic heterocycles. The smallest absolute Gasteiger partial charge is 0.148 e. The standard InChI is InChI=1S/C16H17NO2/c1-3-15-14(10-18)9-17-12(2)16(15)19-11-13-7-5-4-6-8-13/h3-9,18H,1,10-11H2,2H3. The van der Waals surface area contributed by atoms with Crippen LogP contribution in [0.1, 0.15) is 22.4 Å². The largest absolute Gasteiger partial charge is 0.486 e. The molecule has 19 heavy (non-hydrogen) atoms. The summed E-state index contributed by atoms with van der Waals surface area (Å²) in [7, 11) is 0. The van der Waals surface area contributed by atoms with Gasteiger partial charge in [0.15, 0.2) is 0 Å². The van der Waals surface area contributed by atoms with Crippen LogP contribution in [-0.4, -0.2) is 10.1 Å². The highest BCUT2D eigenvalue weighted by molar-refractivity contribution is 5.60. The molecule has 0 unspecified atom stereocenters. The van der Waals surface area contributed by atoms with Crippen LogP contribution in [0.25, 0.3) is 6.08 Å². The topological polar surface area (TPSA) is 42.4 Å². The molecule has 0 bridgehead atoms. The minimum absolute atomic E-state index is 0.0731. The number of benzene rings is 1. The molecule has 98 valence electrons. The summed E-state index contributed by atoms with van der Waals surface area (Å²) in [6, 6.07) is 9.93. The minimum Gasteiger partial charge on any atom is -0.486 e. The summed E-state index contributed by atoms with van der Waals surface area (Å²) < 4.78 is 5.84. The van der Waals surface area contributed by atoms with Crippen LogP contribution in [0.4, 0.5) is 0 Å². The number of rotatable bonds is 5. The molecule has 0 radical (unpaired) electrons. The molecule has 0 aliphatic heterocycles. The van der Waals surface area contributed by atoms with Crippen molar-refractivity contribution in [2.45, 2.75) is 20.1 Å². The zero-order chi connectivity index (χ0) is 13.7. The molecule has 1 aromatic carbocycles. The van der Waals surface area contributed by atoms with Crippen LogP contribution in [0.3, 0.4) is 0 Å². The van der Waals surface area contributed by atoms with Gasteiger partial charge in [-0.2, -0.15) is 0 Å². The fourth-order valence-electron chi connectivity index (χ4n) is 1.91. The number of aryl methyl sites for hydroxylation is 1. The molecule has 2 rings (SSSR count). The van der Waals surface area contributed by atoms with Crippen molar-refractivity contribution in [1.82, 2.24) is 4.98 Å². The molecule has 0 saturated carbocycles. The Morgan fingerprint density at radius 1 is 1.32 bits per heavy atom. The van der Waals surface area contributed by atoms with E-state index in [4.69, 9.17) is 4.74 Å². The zero-order valence-electron chi connectivity index (χ0n) is 11.0. The van der Waals surface area contributed by atoms with E-state index in [0.717, 1.165) is 22.4 Å². The average molecular weight is 255 g/mol. The highest BCUT2D eigenvalue weighted by Crippen LogP contribution is 2.27. The van der Waals surface area contributed by atoms with Gasteiger partial charge >= 0.3 is 0 Å². The van der Waals surface area contributed by atoms with Crippen LogP contribution in [0.15, 0.2) is 43.1 Å². The predicted molar refractivity (Wildman–Crippen MR) is 75.8 cm³/mol. The maximum atomic E-state index is 9.31. The second-order valence-corrected chi connectivity index (χ2v) is 4.25. The number of hydrogen-bond donors (Lipinski definition) is 1. The molecular formula is C16H17NO2. The van der Waals surface area contributed by atoms with E-state index in [0.29, 0.717) is 12.4 Å². The molecule has 3 heteroatoms. The third-order valence-electron chi connectivity index (χ3n) is 2.93. The lowest BCUT2D eigenvalue weighted by atomic mass is 10.1. The summed E-state index contributed by atoms with van der Waals surface area (Å²) in [6.45, 7) is 6.06. The van der Waals surface area contributed by atoms with Gasteiger partial charge in [-0.1, -0.05) is 43.0 Å². The van der Waals surface area contributed by atoms with Crippen LogP contribution >= 0.6 is 0 Å². The summed E-state index contributed by atoms with van der Waals surface area (Å²) in [5.41, 5.74) is 3.42. The Kier molecular flexibility index (Phi) is 4.31. The molecule has 0 fully saturated rings. The fourth-order valence-corrected chi connectivity index (χ4v) is 1.91. The molecule has 0 atom stereocenters. The number of aliphatic hydroxyl groups is 1. The number of nitrogens with zero attached hydrogens (tertiary/aromatic N) is 1. The van der Waals surface area contributed by atoms with Crippen LogP contribution < -0.4 is 4.74 Å². The number of pyridine rings is 1. The second-order valence-electron chi connectivity index (χ2n) is 4.25. The van der Waals surface area contributed by atoms with Crippen molar-refractivity contribution in [2.24, 2.45) is 0 Å². The van der Waals surface area contributed by atoms with Gasteiger partial charge in [-0.25, -0.2) is 0 Å². The monoisotopic (exact) mass is 255 g/mol. The average Bonchev–Trinajstić information content (AvgIpc) is 2.46. The SMILES string of the molecule is C=Cc1c(CO)cnc(C)c1OCc1ccccc1. The number of ether oxygens (including phenoxy) is 1. The van der Waals surface area contributed by atoms with Crippen LogP contribution in [-0.2, 0) is 13.2 Å². The molecule has 0 aliphatic carbocycles. The normalized spacial score (nSPS) is 10.2. The Morgan fingerprint density at radius 3 is 2.68 bits per heavy atom. The second kappa shape index (κ2) is 6.16. The van der Waals surface area contributed by atoms with Crippen molar-refractivity contribution in [2.75, 3.05) is 0 Å². The van der Waals surface area contributed by atoms with E-state index in [9.17, 15) is 5.11 Å². The van der Waals surface area contributed by atoms with Gasteiger partial charge in [0.1, 0.15) is 12.4 Å². The molecule has 3 nitrogen and oxygen atoms in total. The van der Waals surface area contributed by atoms with Gasteiger partial charge in [-0.3, -0.25) is 4.98 Å². The lowest BCUT2D eigenvalue weighted by molar-refractivity contribution is 0.276. The Labute approximate surface area is 113 Å². The lowest BCUT2D eigenvalue weighted by Gasteiger charge is -2.14. The van der Waals surface area contributed by atoms with Gasteiger partial charge < -0.3 is 9.84 Å². The highest BCUT2D eigenvalue weighted by atomic mass is 16.5. The molecule has 0 amide bonds. The predicted octanol–water partition coefficient (Wildman–Crippen LogP) is 3.10. The van der Waals surface area contributed by atoms with Crippen molar-refractivity contribution < 1.29 is 9.84 Å². The van der Waals surface area contributed by atoms with Crippen molar-refractivity contribution in [3.63, 3.8) is 0 Å². The maximum absolute atomic E-state index is 9.31. The van der Waals surface area contributed by atoms with E-state index < -0.39 is 0 Å². The summed E-state index contributed by atoms with van der Waals surface area (Å²) in [4.78, 5) is 4.24. The first kappa shape index (κ1) is 13.3. The Bertz CT molecular complexity index is 564. The van der Waals surface area contributed by atoms with E-state index in [-0.39, 0.29) is 6.61 Å². The van der Waals surface area contributed by atoms with E-state index >= 15 is 0 Å². The van der Waals surface area contributed by atoms with E-state index in [1.165, 1.54) is 0 Å². The molecule has 1 heterocycles. The molecule has 0 spiro atoms. The number of hydrogen-bond acceptors (Lipinski definition) is 3. The molecule has 0 saturated heterocycles. The molecule has 1 N–H and O–H groups in total. The van der Waals surface area contributed by atoms with Crippen molar-refractivity contribution >= 4 is 6.08 Å². The highest BCUT2D eigenvalue weighted by Gasteiger charge is 2.11. The van der Waals surface area contributed by atoms with Gasteiger partial charge in [0.25, 0.3) is 0 Å². The van der Waals surface area contributed by atoms with Crippen LogP contribution in [0.2, 0.25) is 0 Å². The van der Waals surface area contributed by atoms with Gasteiger partial charge in [-0.05, 0) is 12.5 Å². The Balaban J connectivity index is 2.26. The zero-order valence-corrected chi connectivity index (χ0v) is 11.0. The number of aromatic nitrogens is 1. The quantitative estimate of drug-likeness (QED) is 0.892. The first-order chi connectivity index (χ1) is 9.26. The van der Waals surface area contributed by atoms with Crippen LogP contribution in [0.5, 0.6) is 5.75 Å². The van der Waals surface area contributed by atoms with Gasteiger partial charge in [0.05, 0.1) is 12.3 Å². The third-order valence-corrected chi connectivity index (χ3v) is 2.93. The number of aliphatic hydroxyl groups excluding tert-OH is 1. The van der Waals surface area contributed by atoms with E-state index in [1.54, 1.807) is 12.3 Å². The van der Waals surface area contributed by atoms with E-state index in [2.05, 4.69) is 11.6 Å². The maximum Gasteiger partial charge on any atom is 0.148 e. The minimum atomic E-state index is -0.0731. The first-order valence-corrected chi connectivity index (χ1v) is 6.14. The van der Waals surface area contributed by atoms with Crippen LogP contribution in [0, 0.1) is 6.92 Å². The van der Waals surface area contributed by atoms with Gasteiger partial charge in [0.2, 0.25) is 0 Å². The Hall–Kier alpha value is -2.13. The summed E-state index contributed by atoms with van der Waals surface area (Å²) in [6.07, 6.45) is 3.35. The van der Waals surface area contributed by atoms with Crippen molar-refractivity contribution in [3.05, 3.63) is 65.5 Å². The molecular weight excluding hydrogens is 238 g/mol. The summed E-state index contributed by atoms with van der Waals surface area (Å²) >= 11 is 0. The molecule has 0 aliphatic rings. The van der Waals surface area contributed by atoms with Crippen molar-refractivity contribution in [1.29, 1.82) is 0 Å².